The van der Waals surface area contributed by atoms with Gasteiger partial charge in [-0.25, -0.2) is 9.59 Å². The van der Waals surface area contributed by atoms with Gasteiger partial charge in [0.25, 0.3) is 0 Å². The SMILES string of the molecule is COC(=O)[C@H](CCSc1nn[nH]n1)NC(=O)OCC1c2ccccc2-c2ccccc21. The van der Waals surface area contributed by atoms with Gasteiger partial charge in [0.15, 0.2) is 0 Å². The molecule has 2 aromatic carbocycles. The van der Waals surface area contributed by atoms with E-state index in [-0.39, 0.29) is 12.5 Å². The highest BCUT2D eigenvalue weighted by atomic mass is 32.2. The van der Waals surface area contributed by atoms with E-state index in [9.17, 15) is 9.59 Å². The van der Waals surface area contributed by atoms with E-state index < -0.39 is 18.1 Å². The van der Waals surface area contributed by atoms with Crippen LogP contribution in [0.3, 0.4) is 0 Å². The second-order valence-corrected chi connectivity index (χ2v) is 7.94. The van der Waals surface area contributed by atoms with Crippen LogP contribution < -0.4 is 5.32 Å². The fourth-order valence-corrected chi connectivity index (χ4v) is 4.40. The maximum absolute atomic E-state index is 12.5. The summed E-state index contributed by atoms with van der Waals surface area (Å²) in [6, 6.07) is 15.4. The van der Waals surface area contributed by atoms with Crippen molar-refractivity contribution in [2.24, 2.45) is 0 Å². The number of hydrogen-bond donors (Lipinski definition) is 2. The van der Waals surface area contributed by atoms with Crippen LogP contribution in [0.5, 0.6) is 0 Å². The molecule has 10 heteroatoms. The minimum absolute atomic E-state index is 0.0523. The number of hydrogen-bond acceptors (Lipinski definition) is 8. The highest BCUT2D eigenvalue weighted by Crippen LogP contribution is 2.44. The average molecular weight is 439 g/mol. The first kappa shape index (κ1) is 20.9. The zero-order valence-electron chi connectivity index (χ0n) is 16.8. The molecule has 1 heterocycles. The van der Waals surface area contributed by atoms with Crippen LogP contribution in [0.15, 0.2) is 53.7 Å². The number of amides is 1. The van der Waals surface area contributed by atoms with E-state index >= 15 is 0 Å². The highest BCUT2D eigenvalue weighted by Gasteiger charge is 2.30. The predicted octanol–water partition coefficient (Wildman–Crippen LogP) is 2.76. The highest BCUT2D eigenvalue weighted by molar-refractivity contribution is 7.99. The smallest absolute Gasteiger partial charge is 0.407 e. The number of fused-ring (bicyclic) bond motifs is 3. The lowest BCUT2D eigenvalue weighted by Gasteiger charge is -2.18. The van der Waals surface area contributed by atoms with Crippen LogP contribution in [0, 0.1) is 0 Å². The molecular formula is C21H21N5O4S. The van der Waals surface area contributed by atoms with Gasteiger partial charge in [-0.1, -0.05) is 60.3 Å². The van der Waals surface area contributed by atoms with Crippen molar-refractivity contribution in [2.45, 2.75) is 23.5 Å². The maximum atomic E-state index is 12.5. The molecule has 0 unspecified atom stereocenters. The summed E-state index contributed by atoms with van der Waals surface area (Å²) in [6.45, 7) is 0.172. The summed E-state index contributed by atoms with van der Waals surface area (Å²) in [5.41, 5.74) is 4.55. The molecule has 9 nitrogen and oxygen atoms in total. The monoisotopic (exact) mass is 439 g/mol. The molecule has 31 heavy (non-hydrogen) atoms. The summed E-state index contributed by atoms with van der Waals surface area (Å²) < 4.78 is 10.3. The standard InChI is InChI=1S/C21H21N5O4S/c1-29-19(27)18(10-11-31-20-23-25-26-24-20)22-21(28)30-12-17-15-8-4-2-6-13(15)14-7-3-5-9-16(14)17/h2-9,17-18H,10-12H2,1H3,(H,22,28)(H,23,24,25,26)/t18-/m0/s1. The molecule has 0 bridgehead atoms. The molecule has 1 aliphatic carbocycles. The van der Waals surface area contributed by atoms with Crippen molar-refractivity contribution in [3.8, 4) is 11.1 Å². The van der Waals surface area contributed by atoms with E-state index in [4.69, 9.17) is 9.47 Å². The number of benzene rings is 2. The minimum atomic E-state index is -0.833. The van der Waals surface area contributed by atoms with Gasteiger partial charge >= 0.3 is 12.1 Å². The molecule has 1 amide bonds. The number of nitrogens with one attached hydrogen (secondary N) is 2. The van der Waals surface area contributed by atoms with Gasteiger partial charge in [-0.2, -0.15) is 5.21 Å². The van der Waals surface area contributed by atoms with Gasteiger partial charge in [0, 0.05) is 11.7 Å². The zero-order chi connectivity index (χ0) is 21.6. The first-order valence-corrected chi connectivity index (χ1v) is 10.7. The molecule has 0 saturated heterocycles. The van der Waals surface area contributed by atoms with Crippen LogP contribution in [-0.4, -0.2) is 58.2 Å². The third-order valence-corrected chi connectivity index (χ3v) is 5.96. The molecule has 1 aromatic heterocycles. The van der Waals surface area contributed by atoms with E-state index in [1.807, 2.05) is 36.4 Å². The van der Waals surface area contributed by atoms with Crippen LogP contribution in [-0.2, 0) is 14.3 Å². The number of esters is 1. The van der Waals surface area contributed by atoms with E-state index in [1.54, 1.807) is 0 Å². The van der Waals surface area contributed by atoms with E-state index in [0.717, 1.165) is 22.3 Å². The molecule has 1 atom stereocenters. The maximum Gasteiger partial charge on any atom is 0.407 e. The molecule has 0 radical (unpaired) electrons. The Labute approximate surface area is 182 Å². The van der Waals surface area contributed by atoms with Crippen molar-refractivity contribution >= 4 is 23.8 Å². The van der Waals surface area contributed by atoms with Crippen molar-refractivity contribution in [3.63, 3.8) is 0 Å². The number of nitrogens with zero attached hydrogens (tertiary/aromatic N) is 3. The number of thioether (sulfide) groups is 1. The number of carbonyl (C=O) groups is 2. The number of rotatable bonds is 8. The summed E-state index contributed by atoms with van der Waals surface area (Å²) in [7, 11) is 1.28. The molecule has 3 aromatic rings. The quantitative estimate of drug-likeness (QED) is 0.406. The van der Waals surface area contributed by atoms with Crippen LogP contribution in [0.1, 0.15) is 23.5 Å². The summed E-state index contributed by atoms with van der Waals surface area (Å²) in [6.07, 6.45) is -0.336. The molecule has 2 N–H and O–H groups in total. The molecule has 1 aliphatic rings. The lowest BCUT2D eigenvalue weighted by atomic mass is 9.98. The Hall–Kier alpha value is -3.40. The van der Waals surface area contributed by atoms with E-state index in [2.05, 4.69) is 38.1 Å². The minimum Gasteiger partial charge on any atom is -0.467 e. The van der Waals surface area contributed by atoms with Crippen LogP contribution in [0.2, 0.25) is 0 Å². The summed E-state index contributed by atoms with van der Waals surface area (Å²) >= 11 is 1.31. The number of H-pyrrole nitrogens is 1. The molecule has 0 aliphatic heterocycles. The third kappa shape index (κ3) is 4.69. The van der Waals surface area contributed by atoms with E-state index in [0.29, 0.717) is 17.3 Å². The first-order chi connectivity index (χ1) is 15.2. The van der Waals surface area contributed by atoms with Crippen LogP contribution in [0.4, 0.5) is 4.79 Å². The number of methoxy groups -OCH3 is 1. The van der Waals surface area contributed by atoms with Gasteiger partial charge in [-0.15, -0.1) is 10.2 Å². The van der Waals surface area contributed by atoms with Crippen molar-refractivity contribution in [3.05, 3.63) is 59.7 Å². The average Bonchev–Trinajstić information content (AvgIpc) is 3.43. The molecular weight excluding hydrogens is 418 g/mol. The van der Waals surface area contributed by atoms with Gasteiger partial charge in [0.1, 0.15) is 12.6 Å². The predicted molar refractivity (Wildman–Crippen MR) is 114 cm³/mol. The first-order valence-electron chi connectivity index (χ1n) is 9.73. The second-order valence-electron chi connectivity index (χ2n) is 6.88. The zero-order valence-corrected chi connectivity index (χ0v) is 17.6. The number of ether oxygens (including phenoxy) is 2. The normalized spacial score (nSPS) is 13.2. The van der Waals surface area contributed by atoms with E-state index in [1.165, 1.54) is 18.9 Å². The molecule has 160 valence electrons. The third-order valence-electron chi connectivity index (χ3n) is 5.09. The van der Waals surface area contributed by atoms with Gasteiger partial charge in [0.2, 0.25) is 5.16 Å². The number of aromatic nitrogens is 4. The number of aromatic amines is 1. The Morgan fingerprint density at radius 1 is 1.13 bits per heavy atom. The Balaban J connectivity index is 1.36. The Morgan fingerprint density at radius 3 is 2.42 bits per heavy atom. The Morgan fingerprint density at radius 2 is 1.81 bits per heavy atom. The Kier molecular flexibility index (Phi) is 6.46. The molecule has 0 spiro atoms. The Bertz CT molecular complexity index is 1010. The molecule has 0 fully saturated rings. The van der Waals surface area contributed by atoms with Crippen molar-refractivity contribution in [2.75, 3.05) is 19.5 Å². The second kappa shape index (κ2) is 9.61. The van der Waals surface area contributed by atoms with Gasteiger partial charge in [-0.3, -0.25) is 0 Å². The number of alkyl carbamates (subject to hydrolysis) is 1. The summed E-state index contributed by atoms with van der Waals surface area (Å²) in [4.78, 5) is 24.5. The van der Waals surface area contributed by atoms with Gasteiger partial charge in [-0.05, 0) is 33.9 Å². The van der Waals surface area contributed by atoms with Crippen molar-refractivity contribution in [1.82, 2.24) is 25.9 Å². The lowest BCUT2D eigenvalue weighted by molar-refractivity contribution is -0.143. The van der Waals surface area contributed by atoms with Gasteiger partial charge in [0.05, 0.1) is 7.11 Å². The lowest BCUT2D eigenvalue weighted by Crippen LogP contribution is -2.42. The number of tetrazole rings is 1. The fraction of sp³-hybridized carbons (Fsp3) is 0.286. The van der Waals surface area contributed by atoms with Crippen molar-refractivity contribution < 1.29 is 19.1 Å². The summed E-state index contributed by atoms with van der Waals surface area (Å²) in [5, 5.41) is 16.6. The van der Waals surface area contributed by atoms with Crippen LogP contribution in [0.25, 0.3) is 11.1 Å². The largest absolute Gasteiger partial charge is 0.467 e. The van der Waals surface area contributed by atoms with Crippen LogP contribution >= 0.6 is 11.8 Å². The summed E-state index contributed by atoms with van der Waals surface area (Å²) in [5.74, 6) is -0.103. The van der Waals surface area contributed by atoms with Gasteiger partial charge < -0.3 is 14.8 Å². The fourth-order valence-electron chi connectivity index (χ4n) is 3.66. The molecule has 4 rings (SSSR count). The molecule has 0 saturated carbocycles. The number of carbonyl (C=O) groups excluding carboxylic acids is 2. The van der Waals surface area contributed by atoms with Crippen molar-refractivity contribution in [1.29, 1.82) is 0 Å². The topological polar surface area (TPSA) is 119 Å².